The molecule has 0 fully saturated rings. The topological polar surface area (TPSA) is 97.4 Å². The number of sulfonamides is 1. The number of carbonyl (C=O) groups is 1. The summed E-state index contributed by atoms with van der Waals surface area (Å²) in [6, 6.07) is 14.1. The summed E-state index contributed by atoms with van der Waals surface area (Å²) in [6.45, 7) is 2.00. The molecule has 0 atom stereocenters. The third kappa shape index (κ3) is 6.73. The molecule has 0 saturated carbocycles. The zero-order valence-electron chi connectivity index (χ0n) is 17.3. The zero-order chi connectivity index (χ0) is 23.0. The molecule has 9 heteroatoms. The van der Waals surface area contributed by atoms with Gasteiger partial charge in [0.25, 0.3) is 0 Å². The SMILES string of the molecule is Cc1ccc(S(=O)(=O)NCCNC(=O)/C=C/c2ccc(Oc3cccnc3)c(F)c2)cc1. The fraction of sp³-hybridized carbons (Fsp3) is 0.130. The van der Waals surface area contributed by atoms with Crippen LogP contribution in [0.4, 0.5) is 4.39 Å². The van der Waals surface area contributed by atoms with Crippen LogP contribution in [0.25, 0.3) is 6.08 Å². The van der Waals surface area contributed by atoms with E-state index in [2.05, 4.69) is 15.0 Å². The fourth-order valence-electron chi connectivity index (χ4n) is 2.64. The highest BCUT2D eigenvalue weighted by Gasteiger charge is 2.12. The lowest BCUT2D eigenvalue weighted by molar-refractivity contribution is -0.116. The Morgan fingerprint density at radius 2 is 1.91 bits per heavy atom. The van der Waals surface area contributed by atoms with Gasteiger partial charge in [-0.2, -0.15) is 0 Å². The molecule has 3 rings (SSSR count). The molecule has 0 radical (unpaired) electrons. The third-order valence-corrected chi connectivity index (χ3v) is 5.77. The molecule has 7 nitrogen and oxygen atoms in total. The van der Waals surface area contributed by atoms with Crippen LogP contribution >= 0.6 is 0 Å². The van der Waals surface area contributed by atoms with Crippen molar-refractivity contribution in [3.05, 3.63) is 90.0 Å². The van der Waals surface area contributed by atoms with Crippen molar-refractivity contribution in [1.82, 2.24) is 15.0 Å². The Balaban J connectivity index is 1.47. The first-order chi connectivity index (χ1) is 15.3. The molecule has 1 aromatic heterocycles. The number of nitrogens with one attached hydrogen (secondary N) is 2. The van der Waals surface area contributed by atoms with Gasteiger partial charge in [0.2, 0.25) is 15.9 Å². The van der Waals surface area contributed by atoms with Crippen molar-refractivity contribution >= 4 is 22.0 Å². The van der Waals surface area contributed by atoms with Crippen LogP contribution in [0.5, 0.6) is 11.5 Å². The van der Waals surface area contributed by atoms with Gasteiger partial charge in [-0.1, -0.05) is 23.8 Å². The first kappa shape index (κ1) is 23.1. The van der Waals surface area contributed by atoms with Crippen molar-refractivity contribution < 1.29 is 22.3 Å². The van der Waals surface area contributed by atoms with Crippen LogP contribution in [-0.2, 0) is 14.8 Å². The summed E-state index contributed by atoms with van der Waals surface area (Å²) in [7, 11) is -3.64. The molecule has 0 aliphatic rings. The zero-order valence-corrected chi connectivity index (χ0v) is 18.1. The third-order valence-electron chi connectivity index (χ3n) is 4.29. The summed E-state index contributed by atoms with van der Waals surface area (Å²) in [5.41, 5.74) is 1.43. The number of rotatable bonds is 9. The molecular formula is C23H22FN3O4S. The number of halogens is 1. The number of pyridine rings is 1. The number of amides is 1. The quantitative estimate of drug-likeness (QED) is 0.381. The standard InChI is InChI=1S/C23H22FN3O4S/c1-17-4-8-20(9-5-17)32(29,30)27-14-13-26-23(28)11-7-18-6-10-22(21(24)15-18)31-19-3-2-12-25-16-19/h2-12,15-16,27H,13-14H2,1H3,(H,26,28)/b11-7+. The Morgan fingerprint density at radius 3 is 2.59 bits per heavy atom. The van der Waals surface area contributed by atoms with Crippen molar-refractivity contribution in [2.24, 2.45) is 0 Å². The fourth-order valence-corrected chi connectivity index (χ4v) is 3.67. The summed E-state index contributed by atoms with van der Waals surface area (Å²) < 4.78 is 46.5. The summed E-state index contributed by atoms with van der Waals surface area (Å²) in [5.74, 6) is -0.565. The number of nitrogens with zero attached hydrogens (tertiary/aromatic N) is 1. The second-order valence-electron chi connectivity index (χ2n) is 6.82. The molecule has 0 bridgehead atoms. The van der Waals surface area contributed by atoms with Crippen LogP contribution in [-0.4, -0.2) is 32.4 Å². The van der Waals surface area contributed by atoms with Crippen molar-refractivity contribution in [2.45, 2.75) is 11.8 Å². The lowest BCUT2D eigenvalue weighted by atomic mass is 10.2. The molecule has 0 spiro atoms. The smallest absolute Gasteiger partial charge is 0.244 e. The van der Waals surface area contributed by atoms with Gasteiger partial charge in [-0.15, -0.1) is 0 Å². The van der Waals surface area contributed by atoms with E-state index in [9.17, 15) is 17.6 Å². The maximum atomic E-state index is 14.2. The number of ether oxygens (including phenoxy) is 1. The van der Waals surface area contributed by atoms with Crippen molar-refractivity contribution in [1.29, 1.82) is 0 Å². The molecule has 32 heavy (non-hydrogen) atoms. The Bertz CT molecular complexity index is 1200. The van der Waals surface area contributed by atoms with E-state index in [-0.39, 0.29) is 23.7 Å². The van der Waals surface area contributed by atoms with E-state index in [4.69, 9.17) is 4.74 Å². The highest BCUT2D eigenvalue weighted by Crippen LogP contribution is 2.24. The van der Waals surface area contributed by atoms with Crippen LogP contribution < -0.4 is 14.8 Å². The predicted octanol–water partition coefficient (Wildman–Crippen LogP) is 3.43. The van der Waals surface area contributed by atoms with Gasteiger partial charge in [0.1, 0.15) is 5.75 Å². The first-order valence-corrected chi connectivity index (χ1v) is 11.2. The molecule has 3 aromatic rings. The molecule has 166 valence electrons. The highest BCUT2D eigenvalue weighted by atomic mass is 32.2. The van der Waals surface area contributed by atoms with Gasteiger partial charge >= 0.3 is 0 Å². The normalized spacial score (nSPS) is 11.4. The molecular weight excluding hydrogens is 433 g/mol. The van der Waals surface area contributed by atoms with Gasteiger partial charge in [-0.05, 0) is 55.0 Å². The molecule has 0 aliphatic heterocycles. The number of hydrogen-bond donors (Lipinski definition) is 2. The minimum atomic E-state index is -3.64. The average molecular weight is 456 g/mol. The van der Waals surface area contributed by atoms with Gasteiger partial charge in [0.05, 0.1) is 11.1 Å². The van der Waals surface area contributed by atoms with Crippen LogP contribution in [0.15, 0.2) is 78.0 Å². The molecule has 2 N–H and O–H groups in total. The lowest BCUT2D eigenvalue weighted by Crippen LogP contribution is -2.34. The van der Waals surface area contributed by atoms with E-state index in [0.29, 0.717) is 11.3 Å². The number of carbonyl (C=O) groups excluding carboxylic acids is 1. The van der Waals surface area contributed by atoms with Gasteiger partial charge in [0, 0.05) is 25.4 Å². The summed E-state index contributed by atoms with van der Waals surface area (Å²) >= 11 is 0. The number of benzene rings is 2. The number of aromatic nitrogens is 1. The van der Waals surface area contributed by atoms with E-state index in [1.54, 1.807) is 36.5 Å². The van der Waals surface area contributed by atoms with E-state index in [1.807, 2.05) is 6.92 Å². The molecule has 2 aromatic carbocycles. The Labute approximate surface area is 186 Å². The van der Waals surface area contributed by atoms with E-state index in [1.165, 1.54) is 42.6 Å². The van der Waals surface area contributed by atoms with E-state index < -0.39 is 21.7 Å². The van der Waals surface area contributed by atoms with E-state index >= 15 is 0 Å². The second-order valence-corrected chi connectivity index (χ2v) is 8.58. The van der Waals surface area contributed by atoms with Gasteiger partial charge in [-0.3, -0.25) is 9.78 Å². The molecule has 0 aliphatic carbocycles. The van der Waals surface area contributed by atoms with Gasteiger partial charge in [0.15, 0.2) is 11.6 Å². The summed E-state index contributed by atoms with van der Waals surface area (Å²) in [6.07, 6.45) is 5.74. The van der Waals surface area contributed by atoms with Crippen LogP contribution in [0.1, 0.15) is 11.1 Å². The van der Waals surface area contributed by atoms with Crippen LogP contribution in [0.2, 0.25) is 0 Å². The minimum absolute atomic E-state index is 0.0325. The molecule has 1 amide bonds. The minimum Gasteiger partial charge on any atom is -0.453 e. The lowest BCUT2D eigenvalue weighted by Gasteiger charge is -2.07. The van der Waals surface area contributed by atoms with E-state index in [0.717, 1.165) is 5.56 Å². The number of aryl methyl sites for hydroxylation is 1. The first-order valence-electron chi connectivity index (χ1n) is 9.73. The van der Waals surface area contributed by atoms with Crippen LogP contribution in [0, 0.1) is 12.7 Å². The van der Waals surface area contributed by atoms with Crippen molar-refractivity contribution in [2.75, 3.05) is 13.1 Å². The summed E-state index contributed by atoms with van der Waals surface area (Å²) in [5, 5.41) is 2.57. The second kappa shape index (κ2) is 10.7. The van der Waals surface area contributed by atoms with Crippen molar-refractivity contribution in [3.8, 4) is 11.5 Å². The largest absolute Gasteiger partial charge is 0.453 e. The monoisotopic (exact) mass is 455 g/mol. The maximum absolute atomic E-state index is 14.2. The highest BCUT2D eigenvalue weighted by molar-refractivity contribution is 7.89. The van der Waals surface area contributed by atoms with Gasteiger partial charge in [-0.25, -0.2) is 17.5 Å². The maximum Gasteiger partial charge on any atom is 0.244 e. The Morgan fingerprint density at radius 1 is 1.12 bits per heavy atom. The number of hydrogen-bond acceptors (Lipinski definition) is 5. The molecule has 0 saturated heterocycles. The Hall–Kier alpha value is -3.56. The molecule has 1 heterocycles. The summed E-state index contributed by atoms with van der Waals surface area (Å²) in [4.78, 5) is 16.0. The predicted molar refractivity (Wildman–Crippen MR) is 119 cm³/mol. The van der Waals surface area contributed by atoms with Crippen LogP contribution in [0.3, 0.4) is 0 Å². The Kier molecular flexibility index (Phi) is 7.69. The van der Waals surface area contributed by atoms with Crippen molar-refractivity contribution in [3.63, 3.8) is 0 Å². The molecule has 0 unspecified atom stereocenters. The van der Waals surface area contributed by atoms with Gasteiger partial charge < -0.3 is 10.1 Å². The average Bonchev–Trinajstić information content (AvgIpc) is 2.78.